The SMILES string of the molecule is FC(F)c1[nH]ncc1-c1ccn[nH]1. The molecule has 0 saturated carbocycles. The van der Waals surface area contributed by atoms with Gasteiger partial charge in [0, 0.05) is 11.8 Å². The summed E-state index contributed by atoms with van der Waals surface area (Å²) < 4.78 is 24.7. The van der Waals surface area contributed by atoms with E-state index in [9.17, 15) is 8.78 Å². The molecule has 2 aromatic rings. The first kappa shape index (κ1) is 7.90. The Labute approximate surface area is 72.0 Å². The van der Waals surface area contributed by atoms with Crippen molar-refractivity contribution in [1.82, 2.24) is 20.4 Å². The Bertz CT molecular complexity index is 379. The van der Waals surface area contributed by atoms with Gasteiger partial charge in [-0.1, -0.05) is 0 Å². The maximum Gasteiger partial charge on any atom is 0.280 e. The van der Waals surface area contributed by atoms with E-state index in [1.165, 1.54) is 12.4 Å². The number of hydrogen-bond acceptors (Lipinski definition) is 2. The second kappa shape index (κ2) is 2.96. The van der Waals surface area contributed by atoms with Crippen LogP contribution in [0.25, 0.3) is 11.3 Å². The van der Waals surface area contributed by atoms with E-state index in [4.69, 9.17) is 0 Å². The monoisotopic (exact) mass is 184 g/mol. The number of rotatable bonds is 2. The molecule has 0 aliphatic heterocycles. The quantitative estimate of drug-likeness (QED) is 0.746. The molecule has 0 saturated heterocycles. The van der Waals surface area contributed by atoms with Crippen LogP contribution in [0.2, 0.25) is 0 Å². The lowest BCUT2D eigenvalue weighted by Gasteiger charge is -1.97. The van der Waals surface area contributed by atoms with Gasteiger partial charge in [-0.3, -0.25) is 10.2 Å². The summed E-state index contributed by atoms with van der Waals surface area (Å²) in [4.78, 5) is 0. The fourth-order valence-electron chi connectivity index (χ4n) is 1.08. The minimum absolute atomic E-state index is 0.191. The Morgan fingerprint density at radius 2 is 2.08 bits per heavy atom. The molecule has 0 bridgehead atoms. The molecule has 68 valence electrons. The topological polar surface area (TPSA) is 57.4 Å². The minimum Gasteiger partial charge on any atom is -0.278 e. The van der Waals surface area contributed by atoms with E-state index >= 15 is 0 Å². The van der Waals surface area contributed by atoms with Crippen LogP contribution in [-0.2, 0) is 0 Å². The molecule has 0 amide bonds. The lowest BCUT2D eigenvalue weighted by molar-refractivity contribution is 0.146. The zero-order valence-electron chi connectivity index (χ0n) is 6.46. The lowest BCUT2D eigenvalue weighted by atomic mass is 10.2. The molecule has 4 nitrogen and oxygen atoms in total. The van der Waals surface area contributed by atoms with E-state index < -0.39 is 6.43 Å². The van der Waals surface area contributed by atoms with E-state index in [1.54, 1.807) is 6.07 Å². The highest BCUT2D eigenvalue weighted by atomic mass is 19.3. The number of halogens is 2. The van der Waals surface area contributed by atoms with Crippen LogP contribution in [0, 0.1) is 0 Å². The Hall–Kier alpha value is -1.72. The van der Waals surface area contributed by atoms with Crippen LogP contribution in [0.5, 0.6) is 0 Å². The molecule has 0 radical (unpaired) electrons. The van der Waals surface area contributed by atoms with E-state index in [-0.39, 0.29) is 5.69 Å². The smallest absolute Gasteiger partial charge is 0.278 e. The first-order valence-electron chi connectivity index (χ1n) is 3.60. The molecule has 0 spiro atoms. The number of alkyl halides is 2. The van der Waals surface area contributed by atoms with Gasteiger partial charge in [-0.05, 0) is 6.07 Å². The number of nitrogens with zero attached hydrogens (tertiary/aromatic N) is 2. The highest BCUT2D eigenvalue weighted by molar-refractivity contribution is 5.60. The van der Waals surface area contributed by atoms with Gasteiger partial charge in [0.2, 0.25) is 0 Å². The minimum atomic E-state index is -2.55. The Balaban J connectivity index is 2.46. The summed E-state index contributed by atoms with van der Waals surface area (Å²) in [6.45, 7) is 0. The van der Waals surface area contributed by atoms with Crippen molar-refractivity contribution in [3.63, 3.8) is 0 Å². The summed E-state index contributed by atoms with van der Waals surface area (Å²) in [5.41, 5.74) is 0.695. The van der Waals surface area contributed by atoms with Crippen LogP contribution in [0.4, 0.5) is 8.78 Å². The molecule has 2 rings (SSSR count). The number of H-pyrrole nitrogens is 2. The molecular formula is C7H6F2N4. The van der Waals surface area contributed by atoms with Gasteiger partial charge in [-0.15, -0.1) is 0 Å². The standard InChI is InChI=1S/C7H6F2N4/c8-7(9)6-4(3-11-13-6)5-1-2-10-12-5/h1-3,7H,(H,10,12)(H,11,13). The molecule has 13 heavy (non-hydrogen) atoms. The third-order valence-corrected chi connectivity index (χ3v) is 1.68. The Morgan fingerprint density at radius 3 is 2.69 bits per heavy atom. The highest BCUT2D eigenvalue weighted by Crippen LogP contribution is 2.27. The Morgan fingerprint density at radius 1 is 1.23 bits per heavy atom. The number of aromatic amines is 2. The molecule has 0 aliphatic rings. The fraction of sp³-hybridized carbons (Fsp3) is 0.143. The van der Waals surface area contributed by atoms with Crippen molar-refractivity contribution in [3.8, 4) is 11.3 Å². The summed E-state index contributed by atoms with van der Waals surface area (Å²) in [6.07, 6.45) is 0.285. The fourth-order valence-corrected chi connectivity index (χ4v) is 1.08. The Kier molecular flexibility index (Phi) is 1.80. The van der Waals surface area contributed by atoms with Crippen molar-refractivity contribution in [1.29, 1.82) is 0 Å². The zero-order chi connectivity index (χ0) is 9.26. The molecule has 0 atom stereocenters. The van der Waals surface area contributed by atoms with Crippen LogP contribution in [0.15, 0.2) is 18.5 Å². The zero-order valence-corrected chi connectivity index (χ0v) is 6.46. The molecule has 0 fully saturated rings. The van der Waals surface area contributed by atoms with Gasteiger partial charge < -0.3 is 0 Å². The van der Waals surface area contributed by atoms with Crippen molar-refractivity contribution < 1.29 is 8.78 Å². The second-order valence-corrected chi connectivity index (χ2v) is 2.47. The van der Waals surface area contributed by atoms with Crippen molar-refractivity contribution in [2.45, 2.75) is 6.43 Å². The van der Waals surface area contributed by atoms with Crippen molar-refractivity contribution in [3.05, 3.63) is 24.2 Å². The summed E-state index contributed by atoms with van der Waals surface area (Å²) >= 11 is 0. The molecule has 0 aromatic carbocycles. The van der Waals surface area contributed by atoms with Crippen molar-refractivity contribution >= 4 is 0 Å². The third-order valence-electron chi connectivity index (χ3n) is 1.68. The van der Waals surface area contributed by atoms with E-state index in [0.717, 1.165) is 0 Å². The lowest BCUT2D eigenvalue weighted by Crippen LogP contribution is -1.88. The molecule has 0 aliphatic carbocycles. The van der Waals surface area contributed by atoms with Crippen LogP contribution < -0.4 is 0 Å². The van der Waals surface area contributed by atoms with Crippen LogP contribution in [-0.4, -0.2) is 20.4 Å². The van der Waals surface area contributed by atoms with Gasteiger partial charge in [0.15, 0.2) is 0 Å². The van der Waals surface area contributed by atoms with Gasteiger partial charge in [0.25, 0.3) is 6.43 Å². The van der Waals surface area contributed by atoms with E-state index in [2.05, 4.69) is 20.4 Å². The molecule has 0 unspecified atom stereocenters. The van der Waals surface area contributed by atoms with E-state index in [1.807, 2.05) is 0 Å². The average Bonchev–Trinajstić information content (AvgIpc) is 2.74. The normalized spacial score (nSPS) is 11.0. The molecule has 2 heterocycles. The van der Waals surface area contributed by atoms with Crippen LogP contribution in [0.1, 0.15) is 12.1 Å². The second-order valence-electron chi connectivity index (χ2n) is 2.47. The third kappa shape index (κ3) is 1.30. The predicted molar refractivity (Wildman–Crippen MR) is 41.1 cm³/mol. The maximum absolute atomic E-state index is 12.3. The largest absolute Gasteiger partial charge is 0.280 e. The summed E-state index contributed by atoms with van der Waals surface area (Å²) in [7, 11) is 0. The van der Waals surface area contributed by atoms with Gasteiger partial charge >= 0.3 is 0 Å². The summed E-state index contributed by atoms with van der Waals surface area (Å²) in [5.74, 6) is 0. The molecule has 6 heteroatoms. The molecular weight excluding hydrogens is 178 g/mol. The van der Waals surface area contributed by atoms with Gasteiger partial charge in [-0.25, -0.2) is 8.78 Å². The highest BCUT2D eigenvalue weighted by Gasteiger charge is 2.16. The number of hydrogen-bond donors (Lipinski definition) is 2. The van der Waals surface area contributed by atoms with Crippen LogP contribution >= 0.6 is 0 Å². The first-order valence-corrected chi connectivity index (χ1v) is 3.60. The molecule has 2 aromatic heterocycles. The van der Waals surface area contributed by atoms with Gasteiger partial charge in [0.1, 0.15) is 5.69 Å². The first-order chi connectivity index (χ1) is 6.29. The number of aromatic nitrogens is 4. The van der Waals surface area contributed by atoms with Gasteiger partial charge in [0.05, 0.1) is 11.9 Å². The number of nitrogens with one attached hydrogen (secondary N) is 2. The maximum atomic E-state index is 12.3. The summed E-state index contributed by atoms with van der Waals surface area (Å²) in [6, 6.07) is 1.61. The summed E-state index contributed by atoms with van der Waals surface area (Å²) in [5, 5.41) is 12.1. The van der Waals surface area contributed by atoms with Gasteiger partial charge in [-0.2, -0.15) is 10.2 Å². The average molecular weight is 184 g/mol. The predicted octanol–water partition coefficient (Wildman–Crippen LogP) is 1.74. The molecule has 2 N–H and O–H groups in total. The van der Waals surface area contributed by atoms with Crippen LogP contribution in [0.3, 0.4) is 0 Å². The van der Waals surface area contributed by atoms with E-state index in [0.29, 0.717) is 11.3 Å². The van der Waals surface area contributed by atoms with Crippen molar-refractivity contribution in [2.24, 2.45) is 0 Å². The van der Waals surface area contributed by atoms with Crippen molar-refractivity contribution in [2.75, 3.05) is 0 Å².